The van der Waals surface area contributed by atoms with Gasteiger partial charge in [0.15, 0.2) is 11.5 Å². The van der Waals surface area contributed by atoms with E-state index in [1.165, 1.54) is 0 Å². The van der Waals surface area contributed by atoms with Gasteiger partial charge in [0.25, 0.3) is 0 Å². The van der Waals surface area contributed by atoms with Crippen molar-refractivity contribution >= 4 is 5.95 Å². The minimum Gasteiger partial charge on any atom is -0.493 e. The molecule has 9 nitrogen and oxygen atoms in total. The highest BCUT2D eigenvalue weighted by Gasteiger charge is 2.38. The van der Waals surface area contributed by atoms with E-state index in [0.717, 1.165) is 56.5 Å². The lowest BCUT2D eigenvalue weighted by molar-refractivity contribution is 0.0278. The summed E-state index contributed by atoms with van der Waals surface area (Å²) in [7, 11) is 3.69. The van der Waals surface area contributed by atoms with Crippen LogP contribution in [-0.2, 0) is 11.3 Å². The number of hydrogen-bond donors (Lipinski definition) is 1. The van der Waals surface area contributed by atoms with Crippen molar-refractivity contribution < 1.29 is 19.3 Å². The summed E-state index contributed by atoms with van der Waals surface area (Å²) in [6, 6.07) is 7.85. The van der Waals surface area contributed by atoms with Gasteiger partial charge in [0.1, 0.15) is 6.61 Å². The quantitative estimate of drug-likeness (QED) is 0.567. The Morgan fingerprint density at radius 2 is 1.94 bits per heavy atom. The van der Waals surface area contributed by atoms with E-state index in [1.807, 2.05) is 24.1 Å². The zero-order valence-corrected chi connectivity index (χ0v) is 19.7. The Balaban J connectivity index is 1.28. The van der Waals surface area contributed by atoms with Gasteiger partial charge in [-0.15, -0.1) is 0 Å². The highest BCUT2D eigenvalue weighted by Crippen LogP contribution is 2.29. The lowest BCUT2D eigenvalue weighted by Gasteiger charge is -2.29. The highest BCUT2D eigenvalue weighted by molar-refractivity contribution is 5.43. The third-order valence-electron chi connectivity index (χ3n) is 6.18. The van der Waals surface area contributed by atoms with Crippen LogP contribution >= 0.6 is 0 Å². The molecule has 0 amide bonds. The Kier molecular flexibility index (Phi) is 7.97. The van der Waals surface area contributed by atoms with Gasteiger partial charge in [-0.2, -0.15) is 0 Å². The van der Waals surface area contributed by atoms with Crippen LogP contribution in [0.15, 0.2) is 36.7 Å². The van der Waals surface area contributed by atoms with Crippen molar-refractivity contribution in [3.63, 3.8) is 0 Å². The van der Waals surface area contributed by atoms with Crippen LogP contribution in [-0.4, -0.2) is 104 Å². The number of anilines is 1. The predicted octanol–water partition coefficient (Wildman–Crippen LogP) is 1.27. The summed E-state index contributed by atoms with van der Waals surface area (Å²) in [5.74, 6) is 2.16. The van der Waals surface area contributed by atoms with Crippen molar-refractivity contribution in [3.8, 4) is 11.5 Å². The molecule has 0 saturated carbocycles. The lowest BCUT2D eigenvalue weighted by Crippen LogP contribution is -2.43. The maximum atomic E-state index is 11.1. The van der Waals surface area contributed by atoms with Crippen molar-refractivity contribution in [1.29, 1.82) is 0 Å². The van der Waals surface area contributed by atoms with Gasteiger partial charge in [-0.1, -0.05) is 6.07 Å². The number of methoxy groups -OCH3 is 1. The Labute approximate surface area is 195 Å². The fourth-order valence-corrected chi connectivity index (χ4v) is 4.52. The number of nitrogens with zero attached hydrogens (tertiary/aromatic N) is 5. The van der Waals surface area contributed by atoms with Crippen LogP contribution < -0.4 is 14.4 Å². The Bertz CT molecular complexity index is 880. The molecule has 0 aliphatic carbocycles. The summed E-state index contributed by atoms with van der Waals surface area (Å²) in [4.78, 5) is 15.1. The molecule has 3 heterocycles. The van der Waals surface area contributed by atoms with Gasteiger partial charge in [-0.25, -0.2) is 9.97 Å². The number of likely N-dealkylation sites (N-methyl/N-ethyl adjacent to an activating group) is 1. The average molecular weight is 458 g/mol. The Hall–Kier alpha value is -2.46. The number of ether oxygens (including phenoxy) is 3. The molecule has 180 valence electrons. The molecule has 2 aliphatic heterocycles. The van der Waals surface area contributed by atoms with Gasteiger partial charge in [0.05, 0.1) is 32.5 Å². The molecule has 9 heteroatoms. The second kappa shape index (κ2) is 11.1. The molecule has 2 saturated heterocycles. The Morgan fingerprint density at radius 3 is 2.70 bits per heavy atom. The van der Waals surface area contributed by atoms with E-state index in [2.05, 4.69) is 25.8 Å². The van der Waals surface area contributed by atoms with Crippen LogP contribution in [0.2, 0.25) is 0 Å². The molecule has 33 heavy (non-hydrogen) atoms. The zero-order valence-electron chi connectivity index (χ0n) is 19.7. The molecule has 0 bridgehead atoms. The van der Waals surface area contributed by atoms with Gasteiger partial charge in [-0.05, 0) is 37.2 Å². The largest absolute Gasteiger partial charge is 0.493 e. The van der Waals surface area contributed by atoms with Crippen molar-refractivity contribution in [2.45, 2.75) is 18.6 Å². The summed E-state index contributed by atoms with van der Waals surface area (Å²) >= 11 is 0. The summed E-state index contributed by atoms with van der Waals surface area (Å²) in [6.45, 7) is 7.52. The predicted molar refractivity (Wildman–Crippen MR) is 126 cm³/mol. The molecule has 1 aromatic heterocycles. The maximum absolute atomic E-state index is 11.1. The highest BCUT2D eigenvalue weighted by atomic mass is 16.5. The topological polar surface area (TPSA) is 83.4 Å². The third kappa shape index (κ3) is 6.54. The SMILES string of the molecule is COc1cc(CN(C)C[C@]2(O)CCN(c3ncccn3)C2)ccc1OCCN1CCOCC1. The van der Waals surface area contributed by atoms with Crippen LogP contribution in [0.4, 0.5) is 5.95 Å². The van der Waals surface area contributed by atoms with Gasteiger partial charge in [-0.3, -0.25) is 9.80 Å². The van der Waals surface area contributed by atoms with Crippen molar-refractivity contribution in [2.75, 3.05) is 78.1 Å². The molecule has 1 atom stereocenters. The maximum Gasteiger partial charge on any atom is 0.225 e. The lowest BCUT2D eigenvalue weighted by atomic mass is 10.0. The van der Waals surface area contributed by atoms with Gasteiger partial charge in [0, 0.05) is 51.7 Å². The molecule has 1 N–H and O–H groups in total. The Morgan fingerprint density at radius 1 is 1.15 bits per heavy atom. The molecule has 0 unspecified atom stereocenters. The number of morpholine rings is 1. The van der Waals surface area contributed by atoms with Crippen LogP contribution in [0.1, 0.15) is 12.0 Å². The minimum atomic E-state index is -0.791. The second-order valence-electron chi connectivity index (χ2n) is 8.90. The monoisotopic (exact) mass is 457 g/mol. The van der Waals surface area contributed by atoms with E-state index in [1.54, 1.807) is 25.6 Å². The first-order valence-corrected chi connectivity index (χ1v) is 11.6. The molecular weight excluding hydrogens is 422 g/mol. The fourth-order valence-electron chi connectivity index (χ4n) is 4.52. The van der Waals surface area contributed by atoms with Crippen molar-refractivity contribution in [2.24, 2.45) is 0 Å². The number of rotatable bonds is 10. The number of benzene rings is 1. The second-order valence-corrected chi connectivity index (χ2v) is 8.90. The van der Waals surface area contributed by atoms with Crippen LogP contribution in [0.25, 0.3) is 0 Å². The number of β-amino-alcohol motifs (C(OH)–C–C–N with tert-alkyl or cyclic N) is 1. The van der Waals surface area contributed by atoms with E-state index in [9.17, 15) is 5.11 Å². The summed E-state index contributed by atoms with van der Waals surface area (Å²) in [6.07, 6.45) is 4.15. The van der Waals surface area contributed by atoms with Crippen LogP contribution in [0.3, 0.4) is 0 Å². The van der Waals surface area contributed by atoms with Crippen LogP contribution in [0, 0.1) is 0 Å². The first-order valence-electron chi connectivity index (χ1n) is 11.6. The fraction of sp³-hybridized carbons (Fsp3) is 0.583. The summed E-state index contributed by atoms with van der Waals surface area (Å²) in [5, 5.41) is 11.1. The van der Waals surface area contributed by atoms with Gasteiger partial charge >= 0.3 is 0 Å². The number of hydrogen-bond acceptors (Lipinski definition) is 9. The van der Waals surface area contributed by atoms with Crippen molar-refractivity contribution in [3.05, 3.63) is 42.2 Å². The molecule has 1 aromatic carbocycles. The standard InChI is InChI=1S/C24H35N5O4/c1-27(18-24(30)6-9-29(19-24)23-25-7-3-8-26-23)17-20-4-5-21(22(16-20)31-2)33-15-12-28-10-13-32-14-11-28/h3-5,7-8,16,30H,6,9-15,17-19H2,1-2H3/t24-/m1/s1. The van der Waals surface area contributed by atoms with E-state index in [-0.39, 0.29) is 0 Å². The van der Waals surface area contributed by atoms with Gasteiger partial charge < -0.3 is 24.2 Å². The molecule has 2 aromatic rings. The summed E-state index contributed by atoms with van der Waals surface area (Å²) < 4.78 is 17.0. The van der Waals surface area contributed by atoms with E-state index in [0.29, 0.717) is 38.6 Å². The smallest absolute Gasteiger partial charge is 0.225 e. The first-order chi connectivity index (χ1) is 16.0. The molecule has 2 aliphatic rings. The van der Waals surface area contributed by atoms with E-state index < -0.39 is 5.60 Å². The molecule has 2 fully saturated rings. The molecule has 4 rings (SSSR count). The van der Waals surface area contributed by atoms with Crippen molar-refractivity contribution in [1.82, 2.24) is 19.8 Å². The van der Waals surface area contributed by atoms with Gasteiger partial charge in [0.2, 0.25) is 5.95 Å². The molecule has 0 radical (unpaired) electrons. The molecular formula is C24H35N5O4. The zero-order chi connectivity index (χ0) is 23.1. The third-order valence-corrected chi connectivity index (χ3v) is 6.18. The normalized spacial score (nSPS) is 21.5. The van der Waals surface area contributed by atoms with E-state index >= 15 is 0 Å². The average Bonchev–Trinajstić information content (AvgIpc) is 3.22. The first kappa shape index (κ1) is 23.7. The summed E-state index contributed by atoms with van der Waals surface area (Å²) in [5.41, 5.74) is 0.320. The molecule has 0 spiro atoms. The minimum absolute atomic E-state index is 0.528. The number of aliphatic hydroxyl groups is 1. The number of aromatic nitrogens is 2. The van der Waals surface area contributed by atoms with E-state index in [4.69, 9.17) is 14.2 Å². The van der Waals surface area contributed by atoms with Crippen LogP contribution in [0.5, 0.6) is 11.5 Å².